The number of nitrogens with one attached hydrogen (secondary N) is 1. The molecule has 2 aliphatic rings. The number of hydrogen-bond acceptors (Lipinski definition) is 5. The summed E-state index contributed by atoms with van der Waals surface area (Å²) in [4.78, 5) is 24.6. The molecule has 2 rings (SSSR count). The number of amides is 1. The van der Waals surface area contributed by atoms with Crippen LogP contribution in [0.1, 0.15) is 20.8 Å². The Labute approximate surface area is 129 Å². The topological polar surface area (TPSA) is 88.1 Å². The molecule has 0 unspecified atom stereocenters. The molecular weight excluding hydrogens is 288 g/mol. The summed E-state index contributed by atoms with van der Waals surface area (Å²) in [6.07, 6.45) is 2.43. The molecule has 2 aliphatic heterocycles. The van der Waals surface area contributed by atoms with Gasteiger partial charge in [-0.1, -0.05) is 6.08 Å². The quantitative estimate of drug-likeness (QED) is 0.421. The summed E-state index contributed by atoms with van der Waals surface area (Å²) >= 11 is 0. The molecule has 2 fully saturated rings. The number of ether oxygens (including phenoxy) is 2. The second-order valence-electron chi connectivity index (χ2n) is 5.92. The molecule has 0 spiro atoms. The molecule has 3 atom stereocenters. The van der Waals surface area contributed by atoms with Crippen LogP contribution in [-0.2, 0) is 19.1 Å². The zero-order chi connectivity index (χ0) is 16.5. The molecule has 0 aliphatic carbocycles. The Morgan fingerprint density at radius 2 is 2.27 bits per heavy atom. The van der Waals surface area contributed by atoms with E-state index in [9.17, 15) is 9.59 Å². The first-order valence-corrected chi connectivity index (χ1v) is 7.16. The van der Waals surface area contributed by atoms with Crippen LogP contribution in [0.25, 0.3) is 0 Å². The molecule has 0 aromatic carbocycles. The number of rotatable bonds is 6. The maximum absolute atomic E-state index is 12.2. The van der Waals surface area contributed by atoms with Gasteiger partial charge < -0.3 is 24.8 Å². The normalized spacial score (nSPS) is 30.9. The minimum atomic E-state index is -1.06. The number of allylic oxidation sites excluding steroid dienone is 1. The van der Waals surface area contributed by atoms with Crippen molar-refractivity contribution in [2.45, 2.75) is 44.7 Å². The smallest absolute Gasteiger partial charge is 0.330 e. The van der Waals surface area contributed by atoms with Crippen molar-refractivity contribution in [3.05, 3.63) is 24.4 Å². The van der Waals surface area contributed by atoms with Crippen LogP contribution in [-0.4, -0.2) is 59.0 Å². The van der Waals surface area contributed by atoms with Gasteiger partial charge >= 0.3 is 5.97 Å². The summed E-state index contributed by atoms with van der Waals surface area (Å²) in [7, 11) is 0. The molecule has 2 saturated heterocycles. The van der Waals surface area contributed by atoms with Crippen molar-refractivity contribution in [2.24, 2.45) is 0 Å². The summed E-state index contributed by atoms with van der Waals surface area (Å²) in [5.41, 5.74) is 0.423. The minimum absolute atomic E-state index is 0.101. The number of hydrogen-bond donors (Lipinski definition) is 2. The lowest BCUT2D eigenvalue weighted by atomic mass is 9.89. The molecule has 2 heterocycles. The first kappa shape index (κ1) is 16.5. The van der Waals surface area contributed by atoms with Crippen molar-refractivity contribution < 1.29 is 24.2 Å². The number of carbonyl (C=O) groups is 2. The molecule has 0 aromatic heterocycles. The molecule has 0 aromatic rings. The summed E-state index contributed by atoms with van der Waals surface area (Å²) in [6.45, 7) is 9.73. The number of carboxylic acid groups (broad SMARTS) is 1. The van der Waals surface area contributed by atoms with Crippen LogP contribution in [0, 0.1) is 0 Å². The number of likely N-dealkylation sites (tertiary alicyclic amines) is 1. The highest BCUT2D eigenvalue weighted by Gasteiger charge is 2.54. The van der Waals surface area contributed by atoms with Crippen molar-refractivity contribution in [3.63, 3.8) is 0 Å². The van der Waals surface area contributed by atoms with Gasteiger partial charge in [0.15, 0.2) is 5.79 Å². The standard InChI is InChI=1S/C15H22N2O5/c1-5-6-17-13(10-8-21-15(3,4)22-10)12(14(17)20)16-9(2)7-11(18)19/h5,7,10,12-13,16H,1,6,8H2,2-4H3,(H,18,19)/t10-,12-,13+/m0/s1. The van der Waals surface area contributed by atoms with E-state index in [1.165, 1.54) is 0 Å². The monoisotopic (exact) mass is 310 g/mol. The molecule has 2 N–H and O–H groups in total. The summed E-state index contributed by atoms with van der Waals surface area (Å²) < 4.78 is 11.4. The van der Waals surface area contributed by atoms with Gasteiger partial charge in [-0.15, -0.1) is 6.58 Å². The van der Waals surface area contributed by atoms with Crippen LogP contribution in [0.15, 0.2) is 24.4 Å². The number of nitrogens with zero attached hydrogens (tertiary/aromatic N) is 1. The van der Waals surface area contributed by atoms with Crippen LogP contribution in [0.3, 0.4) is 0 Å². The van der Waals surface area contributed by atoms with Gasteiger partial charge in [0.25, 0.3) is 0 Å². The van der Waals surface area contributed by atoms with Crippen LogP contribution in [0.4, 0.5) is 0 Å². The molecule has 122 valence electrons. The fourth-order valence-electron chi connectivity index (χ4n) is 2.84. The lowest BCUT2D eigenvalue weighted by Crippen LogP contribution is -2.73. The van der Waals surface area contributed by atoms with Gasteiger partial charge in [0.05, 0.1) is 12.6 Å². The SMILES string of the molecule is C=CCN1C(=O)[C@@H](NC(C)=CC(=O)O)[C@H]1[C@@H]1COC(C)(C)O1. The predicted octanol–water partition coefficient (Wildman–Crippen LogP) is 0.481. The predicted molar refractivity (Wildman–Crippen MR) is 78.9 cm³/mol. The molecule has 0 radical (unpaired) electrons. The summed E-state index contributed by atoms with van der Waals surface area (Å²) in [6, 6.07) is -0.734. The fourth-order valence-corrected chi connectivity index (χ4v) is 2.84. The maximum Gasteiger partial charge on any atom is 0.330 e. The Balaban J connectivity index is 2.12. The lowest BCUT2D eigenvalue weighted by molar-refractivity contribution is -0.172. The largest absolute Gasteiger partial charge is 0.478 e. The highest BCUT2D eigenvalue weighted by molar-refractivity contribution is 5.90. The number of carboxylic acids is 1. The number of aliphatic carboxylic acids is 1. The molecule has 7 heteroatoms. The highest BCUT2D eigenvalue weighted by atomic mass is 16.7. The third kappa shape index (κ3) is 3.31. The summed E-state index contributed by atoms with van der Waals surface area (Å²) in [5, 5.41) is 11.7. The third-order valence-corrected chi connectivity index (χ3v) is 3.71. The Hall–Kier alpha value is -1.86. The van der Waals surface area contributed by atoms with Gasteiger partial charge in [0, 0.05) is 18.3 Å². The Morgan fingerprint density at radius 3 is 2.77 bits per heavy atom. The van der Waals surface area contributed by atoms with E-state index < -0.39 is 17.8 Å². The average Bonchev–Trinajstić information content (AvgIpc) is 2.75. The Morgan fingerprint density at radius 1 is 1.59 bits per heavy atom. The van der Waals surface area contributed by atoms with Crippen molar-refractivity contribution in [1.29, 1.82) is 0 Å². The van der Waals surface area contributed by atoms with E-state index in [0.29, 0.717) is 18.8 Å². The molecule has 1 amide bonds. The first-order chi connectivity index (χ1) is 10.2. The van der Waals surface area contributed by atoms with E-state index in [1.54, 1.807) is 17.9 Å². The third-order valence-electron chi connectivity index (χ3n) is 3.71. The van der Waals surface area contributed by atoms with Crippen molar-refractivity contribution >= 4 is 11.9 Å². The van der Waals surface area contributed by atoms with Crippen molar-refractivity contribution in [3.8, 4) is 0 Å². The minimum Gasteiger partial charge on any atom is -0.478 e. The van der Waals surface area contributed by atoms with Crippen LogP contribution >= 0.6 is 0 Å². The van der Waals surface area contributed by atoms with Gasteiger partial charge in [0.2, 0.25) is 5.91 Å². The molecule has 22 heavy (non-hydrogen) atoms. The highest BCUT2D eigenvalue weighted by Crippen LogP contribution is 2.33. The van der Waals surface area contributed by atoms with E-state index in [4.69, 9.17) is 14.6 Å². The Kier molecular flexibility index (Phi) is 4.58. The van der Waals surface area contributed by atoms with Gasteiger partial charge in [-0.05, 0) is 20.8 Å². The number of β-lactam (4-membered cyclic amide) rings is 1. The van der Waals surface area contributed by atoms with Crippen LogP contribution in [0.2, 0.25) is 0 Å². The lowest BCUT2D eigenvalue weighted by Gasteiger charge is -2.49. The van der Waals surface area contributed by atoms with Crippen LogP contribution < -0.4 is 5.32 Å². The second kappa shape index (κ2) is 6.10. The fraction of sp³-hybridized carbons (Fsp3) is 0.600. The molecule has 0 bridgehead atoms. The van der Waals surface area contributed by atoms with E-state index in [2.05, 4.69) is 11.9 Å². The number of carbonyl (C=O) groups excluding carboxylic acids is 1. The van der Waals surface area contributed by atoms with Gasteiger partial charge in [-0.2, -0.15) is 0 Å². The molecular formula is C15H22N2O5. The van der Waals surface area contributed by atoms with E-state index in [-0.39, 0.29) is 18.1 Å². The summed E-state index contributed by atoms with van der Waals surface area (Å²) in [5.74, 6) is -1.84. The molecule has 0 saturated carbocycles. The maximum atomic E-state index is 12.2. The van der Waals surface area contributed by atoms with E-state index >= 15 is 0 Å². The van der Waals surface area contributed by atoms with E-state index in [1.807, 2.05) is 13.8 Å². The zero-order valence-corrected chi connectivity index (χ0v) is 13.0. The van der Waals surface area contributed by atoms with Crippen molar-refractivity contribution in [1.82, 2.24) is 10.2 Å². The first-order valence-electron chi connectivity index (χ1n) is 7.16. The Bertz CT molecular complexity index is 514. The second-order valence-corrected chi connectivity index (χ2v) is 5.92. The zero-order valence-electron chi connectivity index (χ0n) is 13.0. The van der Waals surface area contributed by atoms with Gasteiger partial charge in [-0.3, -0.25) is 4.79 Å². The van der Waals surface area contributed by atoms with E-state index in [0.717, 1.165) is 6.08 Å². The van der Waals surface area contributed by atoms with Gasteiger partial charge in [0.1, 0.15) is 12.1 Å². The molecule has 7 nitrogen and oxygen atoms in total. The van der Waals surface area contributed by atoms with Crippen molar-refractivity contribution in [2.75, 3.05) is 13.2 Å². The average molecular weight is 310 g/mol. The van der Waals surface area contributed by atoms with Crippen LogP contribution in [0.5, 0.6) is 0 Å². The van der Waals surface area contributed by atoms with Gasteiger partial charge in [-0.25, -0.2) is 4.79 Å².